The second kappa shape index (κ2) is 10.2. The molecule has 0 radical (unpaired) electrons. The number of aromatic nitrogens is 1. The van der Waals surface area contributed by atoms with Crippen molar-refractivity contribution in [3.05, 3.63) is 46.7 Å². The third-order valence-corrected chi connectivity index (χ3v) is 4.80. The highest BCUT2D eigenvalue weighted by Gasteiger charge is 2.19. The highest BCUT2D eigenvalue weighted by Crippen LogP contribution is 2.36. The van der Waals surface area contributed by atoms with Gasteiger partial charge in [-0.25, -0.2) is 0 Å². The molecule has 1 aliphatic carbocycles. The molecule has 0 aliphatic heterocycles. The molecule has 0 fully saturated rings. The van der Waals surface area contributed by atoms with Gasteiger partial charge >= 0.3 is 5.97 Å². The molecular formula is C25H36N2O3. The standard InChI is InChI=1S/C21H26N2O2.C4H10O/c1-14-11-19-17(10-9-16(22-19)13-23(2)3)21(18(14)12-20(24)25)15-7-5-4-6-8-15;1-4(2,3)5/h7,9-11H,4-6,8,12-13H2,1-3H3,(H,24,25);5H,1-3H3. The Morgan fingerprint density at radius 1 is 1.20 bits per heavy atom. The lowest BCUT2D eigenvalue weighted by molar-refractivity contribution is -0.136. The van der Waals surface area contributed by atoms with Crippen molar-refractivity contribution in [2.45, 2.75) is 71.9 Å². The van der Waals surface area contributed by atoms with Crippen LogP contribution in [-0.4, -0.2) is 45.8 Å². The molecule has 164 valence electrons. The van der Waals surface area contributed by atoms with Crippen molar-refractivity contribution in [3.63, 3.8) is 0 Å². The van der Waals surface area contributed by atoms with Crippen molar-refractivity contribution in [3.8, 4) is 0 Å². The van der Waals surface area contributed by atoms with E-state index in [1.807, 2.05) is 27.1 Å². The van der Waals surface area contributed by atoms with Gasteiger partial charge < -0.3 is 15.1 Å². The van der Waals surface area contributed by atoms with E-state index in [1.165, 1.54) is 18.4 Å². The number of carbonyl (C=O) groups is 1. The number of carboxylic acid groups (broad SMARTS) is 1. The molecule has 1 aromatic carbocycles. The average Bonchev–Trinajstić information content (AvgIpc) is 2.61. The second-order valence-corrected chi connectivity index (χ2v) is 9.37. The van der Waals surface area contributed by atoms with Crippen LogP contribution in [0.1, 0.15) is 68.8 Å². The van der Waals surface area contributed by atoms with Crippen LogP contribution in [0.25, 0.3) is 16.5 Å². The van der Waals surface area contributed by atoms with Gasteiger partial charge in [0, 0.05) is 11.9 Å². The number of nitrogens with zero attached hydrogens (tertiary/aromatic N) is 2. The van der Waals surface area contributed by atoms with Gasteiger partial charge in [-0.1, -0.05) is 12.1 Å². The first-order chi connectivity index (χ1) is 14.0. The molecule has 5 nitrogen and oxygen atoms in total. The largest absolute Gasteiger partial charge is 0.481 e. The molecule has 0 spiro atoms. The summed E-state index contributed by atoms with van der Waals surface area (Å²) in [5, 5.41) is 19.0. The summed E-state index contributed by atoms with van der Waals surface area (Å²) < 4.78 is 0. The van der Waals surface area contributed by atoms with E-state index in [1.54, 1.807) is 20.8 Å². The zero-order valence-corrected chi connectivity index (χ0v) is 19.2. The summed E-state index contributed by atoms with van der Waals surface area (Å²) >= 11 is 0. The summed E-state index contributed by atoms with van der Waals surface area (Å²) in [4.78, 5) is 18.4. The molecule has 2 aromatic rings. The Balaban J connectivity index is 0.000000575. The maximum Gasteiger partial charge on any atom is 0.307 e. The number of aliphatic hydroxyl groups is 1. The van der Waals surface area contributed by atoms with Gasteiger partial charge in [0.2, 0.25) is 0 Å². The summed E-state index contributed by atoms with van der Waals surface area (Å²) in [5.41, 5.74) is 5.86. The molecule has 1 aromatic heterocycles. The number of carboxylic acids is 1. The quantitative estimate of drug-likeness (QED) is 0.726. The second-order valence-electron chi connectivity index (χ2n) is 9.37. The Bertz CT molecular complexity index is 918. The van der Waals surface area contributed by atoms with E-state index in [0.29, 0.717) is 0 Å². The minimum Gasteiger partial charge on any atom is -0.481 e. The molecule has 0 atom stereocenters. The summed E-state index contributed by atoms with van der Waals surface area (Å²) in [6.07, 6.45) is 6.82. The molecule has 3 rings (SSSR count). The Morgan fingerprint density at radius 2 is 1.87 bits per heavy atom. The van der Waals surface area contributed by atoms with Gasteiger partial charge in [0.15, 0.2) is 0 Å². The van der Waals surface area contributed by atoms with Crippen molar-refractivity contribution in [1.29, 1.82) is 0 Å². The van der Waals surface area contributed by atoms with Crippen LogP contribution in [0.5, 0.6) is 0 Å². The van der Waals surface area contributed by atoms with Crippen molar-refractivity contribution in [1.82, 2.24) is 9.88 Å². The fourth-order valence-corrected chi connectivity index (χ4v) is 3.71. The lowest BCUT2D eigenvalue weighted by Crippen LogP contribution is -2.12. The maximum atomic E-state index is 11.4. The molecular weight excluding hydrogens is 376 g/mol. The fourth-order valence-electron chi connectivity index (χ4n) is 3.71. The highest BCUT2D eigenvalue weighted by molar-refractivity contribution is 5.95. The molecule has 0 bridgehead atoms. The first-order valence-electron chi connectivity index (χ1n) is 10.7. The summed E-state index contributed by atoms with van der Waals surface area (Å²) in [7, 11) is 4.07. The molecule has 1 heterocycles. The van der Waals surface area contributed by atoms with E-state index in [2.05, 4.69) is 23.1 Å². The molecule has 2 N–H and O–H groups in total. The monoisotopic (exact) mass is 412 g/mol. The van der Waals surface area contributed by atoms with Crippen LogP contribution in [0.15, 0.2) is 24.3 Å². The Hall–Kier alpha value is -2.24. The molecule has 30 heavy (non-hydrogen) atoms. The first kappa shape index (κ1) is 24.0. The van der Waals surface area contributed by atoms with Crippen LogP contribution in [0.4, 0.5) is 0 Å². The zero-order chi connectivity index (χ0) is 22.5. The Morgan fingerprint density at radius 3 is 2.40 bits per heavy atom. The van der Waals surface area contributed by atoms with Gasteiger partial charge in [-0.3, -0.25) is 9.78 Å². The molecule has 0 unspecified atom stereocenters. The van der Waals surface area contributed by atoms with E-state index in [4.69, 9.17) is 10.1 Å². The van der Waals surface area contributed by atoms with Crippen LogP contribution < -0.4 is 0 Å². The van der Waals surface area contributed by atoms with Crippen LogP contribution in [0, 0.1) is 6.92 Å². The number of aliphatic carboxylic acids is 1. The predicted molar refractivity (Wildman–Crippen MR) is 124 cm³/mol. The predicted octanol–water partition coefficient (Wildman–Crippen LogP) is 4.97. The van der Waals surface area contributed by atoms with Crippen molar-refractivity contribution in [2.24, 2.45) is 0 Å². The first-order valence-corrected chi connectivity index (χ1v) is 10.7. The number of benzene rings is 1. The third-order valence-electron chi connectivity index (χ3n) is 4.80. The van der Waals surface area contributed by atoms with Gasteiger partial charge in [-0.2, -0.15) is 0 Å². The molecule has 0 saturated heterocycles. The number of hydrogen-bond acceptors (Lipinski definition) is 4. The van der Waals surface area contributed by atoms with E-state index in [9.17, 15) is 9.90 Å². The molecule has 1 aliphatic rings. The van der Waals surface area contributed by atoms with Crippen molar-refractivity contribution < 1.29 is 15.0 Å². The Kier molecular flexibility index (Phi) is 8.16. The smallest absolute Gasteiger partial charge is 0.307 e. The summed E-state index contributed by atoms with van der Waals surface area (Å²) in [6, 6.07) is 6.23. The number of pyridine rings is 1. The maximum absolute atomic E-state index is 11.4. The zero-order valence-electron chi connectivity index (χ0n) is 19.2. The van der Waals surface area contributed by atoms with Crippen LogP contribution in [0.3, 0.4) is 0 Å². The number of hydrogen-bond donors (Lipinski definition) is 2. The van der Waals surface area contributed by atoms with Crippen molar-refractivity contribution in [2.75, 3.05) is 14.1 Å². The van der Waals surface area contributed by atoms with Crippen LogP contribution in [-0.2, 0) is 17.8 Å². The third kappa shape index (κ3) is 7.22. The van der Waals surface area contributed by atoms with Crippen molar-refractivity contribution >= 4 is 22.4 Å². The van der Waals surface area contributed by atoms with E-state index < -0.39 is 11.6 Å². The summed E-state index contributed by atoms with van der Waals surface area (Å²) in [6.45, 7) is 8.03. The lowest BCUT2D eigenvalue weighted by Gasteiger charge is -2.21. The molecule has 0 saturated carbocycles. The number of fused-ring (bicyclic) bond motifs is 1. The minimum atomic E-state index is -0.780. The van der Waals surface area contributed by atoms with Gasteiger partial charge in [-0.15, -0.1) is 0 Å². The minimum absolute atomic E-state index is 0.0634. The van der Waals surface area contributed by atoms with E-state index in [0.717, 1.165) is 52.7 Å². The Labute approximate surface area is 180 Å². The number of allylic oxidation sites excluding steroid dienone is 2. The SMILES string of the molecule is CC(C)(C)O.Cc1cc2nc(CN(C)C)ccc2c(C2=CCCCC2)c1CC(=O)O. The van der Waals surface area contributed by atoms with E-state index in [-0.39, 0.29) is 6.42 Å². The van der Waals surface area contributed by atoms with Gasteiger partial charge in [0.1, 0.15) is 0 Å². The lowest BCUT2D eigenvalue weighted by atomic mass is 9.85. The number of aryl methyl sites for hydroxylation is 1. The highest BCUT2D eigenvalue weighted by atomic mass is 16.4. The van der Waals surface area contributed by atoms with Gasteiger partial charge in [0.25, 0.3) is 0 Å². The normalized spacial score (nSPS) is 14.3. The van der Waals surface area contributed by atoms with E-state index >= 15 is 0 Å². The topological polar surface area (TPSA) is 73.7 Å². The summed E-state index contributed by atoms with van der Waals surface area (Å²) in [5.74, 6) is -0.780. The van der Waals surface area contributed by atoms with Gasteiger partial charge in [-0.05, 0) is 102 Å². The van der Waals surface area contributed by atoms with Crippen LogP contribution >= 0.6 is 0 Å². The molecule has 5 heteroatoms. The van der Waals surface area contributed by atoms with Crippen LogP contribution in [0.2, 0.25) is 0 Å². The average molecular weight is 413 g/mol. The fraction of sp³-hybridized carbons (Fsp3) is 0.520. The van der Waals surface area contributed by atoms with Gasteiger partial charge in [0.05, 0.1) is 23.2 Å². The molecule has 0 amide bonds. The number of rotatable bonds is 5.